The number of carboxylic acid groups (broad SMARTS) is 1. The van der Waals surface area contributed by atoms with Gasteiger partial charge < -0.3 is 14.6 Å². The Morgan fingerprint density at radius 2 is 1.65 bits per heavy atom. The van der Waals surface area contributed by atoms with E-state index in [1.54, 1.807) is 24.3 Å². The van der Waals surface area contributed by atoms with Crippen LogP contribution in [0.5, 0.6) is 5.75 Å². The highest BCUT2D eigenvalue weighted by Gasteiger charge is 2.29. The molecular formula is C19H29NO6. The van der Waals surface area contributed by atoms with Crippen molar-refractivity contribution >= 4 is 17.9 Å². The summed E-state index contributed by atoms with van der Waals surface area (Å²) in [6.07, 6.45) is 3.88. The van der Waals surface area contributed by atoms with Gasteiger partial charge >= 0.3 is 11.9 Å². The highest BCUT2D eigenvalue weighted by atomic mass is 16.6. The molecule has 0 heterocycles. The quantitative estimate of drug-likeness (QED) is 0.410. The van der Waals surface area contributed by atoms with Gasteiger partial charge in [-0.1, -0.05) is 38.8 Å². The van der Waals surface area contributed by atoms with Gasteiger partial charge in [-0.2, -0.15) is 0 Å². The number of para-hydroxylation sites is 1. The number of esters is 2. The molecule has 0 saturated heterocycles. The molecule has 0 aliphatic carbocycles. The molecule has 1 unspecified atom stereocenters. The lowest BCUT2D eigenvalue weighted by Crippen LogP contribution is -2.44. The maximum absolute atomic E-state index is 12.4. The first-order valence-electron chi connectivity index (χ1n) is 8.64. The molecule has 0 aromatic heterocycles. The first-order chi connectivity index (χ1) is 12.1. The predicted molar refractivity (Wildman–Crippen MR) is 97.8 cm³/mol. The largest absolute Gasteiger partial charge is 0.481 e. The number of carbonyl (C=O) groups excluding carboxylic acids is 2. The van der Waals surface area contributed by atoms with Crippen LogP contribution in [0.4, 0.5) is 0 Å². The van der Waals surface area contributed by atoms with Crippen LogP contribution >= 0.6 is 0 Å². The van der Waals surface area contributed by atoms with Gasteiger partial charge in [0.15, 0.2) is 5.72 Å². The van der Waals surface area contributed by atoms with Crippen LogP contribution in [0.1, 0.15) is 70.2 Å². The van der Waals surface area contributed by atoms with Gasteiger partial charge in [-0.05, 0) is 18.6 Å². The van der Waals surface area contributed by atoms with Crippen molar-refractivity contribution in [1.29, 1.82) is 0 Å². The average Bonchev–Trinajstić information content (AvgIpc) is 2.52. The zero-order chi connectivity index (χ0) is 20.2. The second kappa shape index (κ2) is 12.0. The van der Waals surface area contributed by atoms with Gasteiger partial charge in [0.25, 0.3) is 5.97 Å². The van der Waals surface area contributed by atoms with E-state index in [0.29, 0.717) is 12.8 Å². The van der Waals surface area contributed by atoms with Crippen molar-refractivity contribution in [3.63, 3.8) is 0 Å². The Balaban J connectivity index is 0.00000141. The molecule has 0 aliphatic heterocycles. The summed E-state index contributed by atoms with van der Waals surface area (Å²) in [5, 5.41) is 7.42. The zero-order valence-electron chi connectivity index (χ0n) is 15.9. The molecule has 0 amide bonds. The summed E-state index contributed by atoms with van der Waals surface area (Å²) in [5.41, 5.74) is 5.46. The van der Waals surface area contributed by atoms with E-state index in [-0.39, 0.29) is 11.3 Å². The summed E-state index contributed by atoms with van der Waals surface area (Å²) in [5.74, 6) is -1.70. The number of nitrogens with two attached hydrogens (primary N) is 1. The number of aliphatic carboxylic acids is 1. The highest BCUT2D eigenvalue weighted by Crippen LogP contribution is 2.25. The molecular weight excluding hydrogens is 338 g/mol. The summed E-state index contributed by atoms with van der Waals surface area (Å²) >= 11 is 0. The maximum Gasteiger partial charge on any atom is 0.343 e. The summed E-state index contributed by atoms with van der Waals surface area (Å²) < 4.78 is 10.6. The van der Waals surface area contributed by atoms with Gasteiger partial charge in [-0.15, -0.1) is 0 Å². The van der Waals surface area contributed by atoms with Crippen molar-refractivity contribution < 1.29 is 29.0 Å². The van der Waals surface area contributed by atoms with Gasteiger partial charge in [0, 0.05) is 26.7 Å². The van der Waals surface area contributed by atoms with Gasteiger partial charge in [-0.25, -0.2) is 4.79 Å². The van der Waals surface area contributed by atoms with Crippen molar-refractivity contribution in [2.45, 2.75) is 65.5 Å². The Hall–Kier alpha value is -2.41. The summed E-state index contributed by atoms with van der Waals surface area (Å²) in [7, 11) is 0. The summed E-state index contributed by atoms with van der Waals surface area (Å²) in [4.78, 5) is 32.5. The first-order valence-corrected chi connectivity index (χ1v) is 8.64. The molecule has 0 radical (unpaired) electrons. The number of rotatable bonds is 8. The van der Waals surface area contributed by atoms with Crippen LogP contribution in [0, 0.1) is 0 Å². The molecule has 1 atom stereocenters. The van der Waals surface area contributed by atoms with Gasteiger partial charge in [-0.3, -0.25) is 15.3 Å². The molecule has 0 saturated carbocycles. The van der Waals surface area contributed by atoms with Crippen LogP contribution in [-0.4, -0.2) is 28.7 Å². The fourth-order valence-corrected chi connectivity index (χ4v) is 2.24. The standard InChI is InChI=1S/C17H25NO4.C2H4O2/c1-4-6-12-17(18,11-5-2)22-16(20)14-9-7-8-10-15(14)21-13(3)19;1-2(3)4/h7-10H,4-6,11-12,18H2,1-3H3;1H3,(H,3,4). The number of carboxylic acids is 1. The van der Waals surface area contributed by atoms with E-state index in [1.165, 1.54) is 6.92 Å². The molecule has 0 bridgehead atoms. The number of ether oxygens (including phenoxy) is 2. The van der Waals surface area contributed by atoms with Crippen molar-refractivity contribution in [3.05, 3.63) is 29.8 Å². The Morgan fingerprint density at radius 3 is 2.15 bits per heavy atom. The molecule has 1 rings (SSSR count). The molecule has 0 fully saturated rings. The Morgan fingerprint density at radius 1 is 1.08 bits per heavy atom. The topological polar surface area (TPSA) is 116 Å². The molecule has 146 valence electrons. The first kappa shape index (κ1) is 23.6. The summed E-state index contributed by atoms with van der Waals surface area (Å²) in [6, 6.07) is 6.50. The number of hydrogen-bond acceptors (Lipinski definition) is 6. The lowest BCUT2D eigenvalue weighted by molar-refractivity contribution is -0.134. The summed E-state index contributed by atoms with van der Waals surface area (Å²) in [6.45, 7) is 6.42. The van der Waals surface area contributed by atoms with E-state index in [4.69, 9.17) is 25.1 Å². The molecule has 26 heavy (non-hydrogen) atoms. The Labute approximate surface area is 154 Å². The minimum absolute atomic E-state index is 0.189. The van der Waals surface area contributed by atoms with Crippen LogP contribution < -0.4 is 10.5 Å². The molecule has 1 aromatic rings. The monoisotopic (exact) mass is 367 g/mol. The third-order valence-corrected chi connectivity index (χ3v) is 3.28. The molecule has 3 N–H and O–H groups in total. The van der Waals surface area contributed by atoms with E-state index < -0.39 is 23.6 Å². The average molecular weight is 367 g/mol. The lowest BCUT2D eigenvalue weighted by Gasteiger charge is -2.29. The maximum atomic E-state index is 12.4. The third kappa shape index (κ3) is 9.78. The number of benzene rings is 1. The van der Waals surface area contributed by atoms with E-state index in [1.807, 2.05) is 6.92 Å². The third-order valence-electron chi connectivity index (χ3n) is 3.28. The fourth-order valence-electron chi connectivity index (χ4n) is 2.24. The fraction of sp³-hybridized carbons (Fsp3) is 0.526. The van der Waals surface area contributed by atoms with Crippen LogP contribution in [0.3, 0.4) is 0 Å². The molecule has 7 nitrogen and oxygen atoms in total. The van der Waals surface area contributed by atoms with E-state index in [0.717, 1.165) is 26.2 Å². The molecule has 1 aromatic carbocycles. The molecule has 0 spiro atoms. The van der Waals surface area contributed by atoms with Gasteiger partial charge in [0.1, 0.15) is 11.3 Å². The molecule has 0 aliphatic rings. The lowest BCUT2D eigenvalue weighted by atomic mass is 10.0. The number of unbranched alkanes of at least 4 members (excludes halogenated alkanes) is 1. The number of hydrogen-bond donors (Lipinski definition) is 2. The Kier molecular flexibility index (Phi) is 10.9. The van der Waals surface area contributed by atoms with Crippen molar-refractivity contribution in [1.82, 2.24) is 0 Å². The van der Waals surface area contributed by atoms with E-state index in [2.05, 4.69) is 6.92 Å². The smallest absolute Gasteiger partial charge is 0.343 e. The molecule has 7 heteroatoms. The minimum atomic E-state index is -0.981. The van der Waals surface area contributed by atoms with Crippen LogP contribution in [0.2, 0.25) is 0 Å². The van der Waals surface area contributed by atoms with Crippen LogP contribution in [-0.2, 0) is 14.3 Å². The second-order valence-corrected chi connectivity index (χ2v) is 5.92. The van der Waals surface area contributed by atoms with Gasteiger partial charge in [0.05, 0.1) is 0 Å². The highest BCUT2D eigenvalue weighted by molar-refractivity contribution is 5.93. The van der Waals surface area contributed by atoms with Crippen LogP contribution in [0.25, 0.3) is 0 Å². The van der Waals surface area contributed by atoms with Gasteiger partial charge in [0.2, 0.25) is 0 Å². The van der Waals surface area contributed by atoms with Crippen molar-refractivity contribution in [3.8, 4) is 5.75 Å². The van der Waals surface area contributed by atoms with Crippen molar-refractivity contribution in [2.24, 2.45) is 5.73 Å². The van der Waals surface area contributed by atoms with E-state index >= 15 is 0 Å². The van der Waals surface area contributed by atoms with Crippen LogP contribution in [0.15, 0.2) is 24.3 Å². The zero-order valence-corrected chi connectivity index (χ0v) is 15.9. The number of carbonyl (C=O) groups is 3. The second-order valence-electron chi connectivity index (χ2n) is 5.92. The predicted octanol–water partition coefficient (Wildman–Crippen LogP) is 3.50. The Bertz CT molecular complexity index is 597. The normalized spacial score (nSPS) is 12.2. The minimum Gasteiger partial charge on any atom is -0.481 e. The van der Waals surface area contributed by atoms with E-state index in [9.17, 15) is 9.59 Å². The SMILES string of the molecule is CC(=O)O.CCCCC(N)(CCC)OC(=O)c1ccccc1OC(C)=O. The van der Waals surface area contributed by atoms with Crippen molar-refractivity contribution in [2.75, 3.05) is 0 Å².